The summed E-state index contributed by atoms with van der Waals surface area (Å²) < 4.78 is 0. The Balaban J connectivity index is 1.94. The summed E-state index contributed by atoms with van der Waals surface area (Å²) >= 11 is 0. The zero-order chi connectivity index (χ0) is 13.9. The van der Waals surface area contributed by atoms with Crippen molar-refractivity contribution in [2.45, 2.75) is 33.1 Å². The second kappa shape index (κ2) is 5.92. The Morgan fingerprint density at radius 1 is 1.37 bits per heavy atom. The molecule has 1 heteroatoms. The second-order valence-electron chi connectivity index (χ2n) is 6.59. The third-order valence-corrected chi connectivity index (χ3v) is 4.39. The summed E-state index contributed by atoms with van der Waals surface area (Å²) in [6, 6.07) is 10.9. The number of hydrogen-bond acceptors (Lipinski definition) is 1. The van der Waals surface area contributed by atoms with Crippen molar-refractivity contribution in [3.05, 3.63) is 48.6 Å². The number of nitrogens with one attached hydrogen (secondary N) is 1. The fourth-order valence-corrected chi connectivity index (χ4v) is 2.98. The van der Waals surface area contributed by atoms with Gasteiger partial charge in [0.05, 0.1) is 0 Å². The van der Waals surface area contributed by atoms with Crippen LogP contribution >= 0.6 is 0 Å². The van der Waals surface area contributed by atoms with Crippen LogP contribution in [0.15, 0.2) is 43.0 Å². The average Bonchev–Trinajstić information content (AvgIpc) is 3.20. The molecule has 0 amide bonds. The van der Waals surface area contributed by atoms with Crippen molar-refractivity contribution in [2.24, 2.45) is 17.3 Å². The third kappa shape index (κ3) is 3.48. The maximum atomic E-state index is 4.08. The Bertz CT molecular complexity index is 409. The first-order chi connectivity index (χ1) is 9.07. The van der Waals surface area contributed by atoms with Crippen LogP contribution < -0.4 is 5.32 Å². The Kier molecular flexibility index (Phi) is 4.46. The van der Waals surface area contributed by atoms with E-state index in [4.69, 9.17) is 0 Å². The Morgan fingerprint density at radius 2 is 2.05 bits per heavy atom. The number of benzene rings is 1. The van der Waals surface area contributed by atoms with Crippen LogP contribution in [0.2, 0.25) is 0 Å². The molecule has 1 aliphatic carbocycles. The molecule has 0 spiro atoms. The topological polar surface area (TPSA) is 12.0 Å². The largest absolute Gasteiger partial charge is 0.316 e. The minimum atomic E-state index is 0.218. The molecular weight excluding hydrogens is 230 g/mol. The maximum absolute atomic E-state index is 4.08. The zero-order valence-electron chi connectivity index (χ0n) is 12.5. The standard InChI is InChI=1S/C18H27N/c1-5-18(4,13-19-12-14(2)3)17-11-16(17)15-9-7-6-8-10-15/h5-10,14,16-17,19H,1,11-13H2,2-4H3. The van der Waals surface area contributed by atoms with E-state index in [1.807, 2.05) is 0 Å². The first-order valence-corrected chi connectivity index (χ1v) is 7.46. The van der Waals surface area contributed by atoms with Crippen molar-refractivity contribution in [1.82, 2.24) is 5.32 Å². The fraction of sp³-hybridized carbons (Fsp3) is 0.556. The molecule has 0 heterocycles. The van der Waals surface area contributed by atoms with Crippen LogP contribution in [0.3, 0.4) is 0 Å². The molecule has 1 nitrogen and oxygen atoms in total. The van der Waals surface area contributed by atoms with Crippen molar-refractivity contribution in [3.8, 4) is 0 Å². The van der Waals surface area contributed by atoms with Crippen molar-refractivity contribution >= 4 is 0 Å². The normalized spacial score (nSPS) is 25.1. The minimum absolute atomic E-state index is 0.218. The molecule has 2 rings (SSSR count). The van der Waals surface area contributed by atoms with Crippen LogP contribution in [0.25, 0.3) is 0 Å². The van der Waals surface area contributed by atoms with E-state index >= 15 is 0 Å². The van der Waals surface area contributed by atoms with E-state index < -0.39 is 0 Å². The molecule has 104 valence electrons. The summed E-state index contributed by atoms with van der Waals surface area (Å²) in [6.07, 6.45) is 3.46. The number of hydrogen-bond donors (Lipinski definition) is 1. The lowest BCUT2D eigenvalue weighted by atomic mass is 9.83. The van der Waals surface area contributed by atoms with Gasteiger partial charge in [-0.25, -0.2) is 0 Å². The lowest BCUT2D eigenvalue weighted by Gasteiger charge is -2.27. The summed E-state index contributed by atoms with van der Waals surface area (Å²) in [4.78, 5) is 0. The monoisotopic (exact) mass is 257 g/mol. The summed E-state index contributed by atoms with van der Waals surface area (Å²) in [5, 5.41) is 3.60. The number of rotatable bonds is 7. The molecule has 3 atom stereocenters. The van der Waals surface area contributed by atoms with Gasteiger partial charge < -0.3 is 5.32 Å². The molecule has 19 heavy (non-hydrogen) atoms. The summed E-state index contributed by atoms with van der Waals surface area (Å²) in [6.45, 7) is 13.1. The zero-order valence-corrected chi connectivity index (χ0v) is 12.5. The summed E-state index contributed by atoms with van der Waals surface area (Å²) in [5.41, 5.74) is 1.71. The van der Waals surface area contributed by atoms with E-state index in [2.05, 4.69) is 69.1 Å². The Hall–Kier alpha value is -1.08. The maximum Gasteiger partial charge on any atom is 0.00428 e. The lowest BCUT2D eigenvalue weighted by Crippen LogP contribution is -2.34. The molecule has 3 unspecified atom stereocenters. The van der Waals surface area contributed by atoms with Crippen LogP contribution in [0.5, 0.6) is 0 Å². The SMILES string of the molecule is C=CC(C)(CNCC(C)C)C1CC1c1ccccc1. The molecule has 0 saturated heterocycles. The van der Waals surface area contributed by atoms with Gasteiger partial charge in [0.25, 0.3) is 0 Å². The average molecular weight is 257 g/mol. The smallest absolute Gasteiger partial charge is 0.00428 e. The molecule has 1 saturated carbocycles. The van der Waals surface area contributed by atoms with Gasteiger partial charge in [-0.2, -0.15) is 0 Å². The fourth-order valence-electron chi connectivity index (χ4n) is 2.98. The van der Waals surface area contributed by atoms with E-state index in [1.165, 1.54) is 12.0 Å². The van der Waals surface area contributed by atoms with E-state index in [0.29, 0.717) is 5.92 Å². The predicted molar refractivity (Wildman–Crippen MR) is 83.3 cm³/mol. The molecule has 1 fully saturated rings. The van der Waals surface area contributed by atoms with Gasteiger partial charge in [-0.1, -0.05) is 57.2 Å². The molecule has 1 aliphatic rings. The Morgan fingerprint density at radius 3 is 2.63 bits per heavy atom. The van der Waals surface area contributed by atoms with Gasteiger partial charge in [0.2, 0.25) is 0 Å². The molecule has 0 radical (unpaired) electrons. The molecule has 0 bridgehead atoms. The lowest BCUT2D eigenvalue weighted by molar-refractivity contribution is 0.328. The molecule has 1 aromatic rings. The highest BCUT2D eigenvalue weighted by molar-refractivity contribution is 5.28. The highest BCUT2D eigenvalue weighted by Crippen LogP contribution is 2.57. The van der Waals surface area contributed by atoms with Gasteiger partial charge in [-0.3, -0.25) is 0 Å². The van der Waals surface area contributed by atoms with Crippen LogP contribution in [-0.4, -0.2) is 13.1 Å². The Labute approximate surface area is 118 Å². The van der Waals surface area contributed by atoms with Gasteiger partial charge in [-0.05, 0) is 36.3 Å². The summed E-state index contributed by atoms with van der Waals surface area (Å²) in [5.74, 6) is 2.18. The minimum Gasteiger partial charge on any atom is -0.316 e. The van der Waals surface area contributed by atoms with Gasteiger partial charge in [0.15, 0.2) is 0 Å². The van der Waals surface area contributed by atoms with Crippen LogP contribution in [0.1, 0.15) is 38.7 Å². The second-order valence-corrected chi connectivity index (χ2v) is 6.59. The van der Waals surface area contributed by atoms with Gasteiger partial charge in [0.1, 0.15) is 0 Å². The van der Waals surface area contributed by atoms with Gasteiger partial charge in [-0.15, -0.1) is 6.58 Å². The molecule has 0 aromatic heterocycles. The van der Waals surface area contributed by atoms with Crippen molar-refractivity contribution in [2.75, 3.05) is 13.1 Å². The van der Waals surface area contributed by atoms with E-state index in [1.54, 1.807) is 0 Å². The molecule has 1 N–H and O–H groups in total. The van der Waals surface area contributed by atoms with Crippen molar-refractivity contribution in [1.29, 1.82) is 0 Å². The molecular formula is C18H27N. The highest BCUT2D eigenvalue weighted by atomic mass is 14.9. The first kappa shape index (κ1) is 14.3. The first-order valence-electron chi connectivity index (χ1n) is 7.46. The van der Waals surface area contributed by atoms with Crippen LogP contribution in [-0.2, 0) is 0 Å². The van der Waals surface area contributed by atoms with Gasteiger partial charge >= 0.3 is 0 Å². The predicted octanol–water partition coefficient (Wildman–Crippen LogP) is 4.23. The van der Waals surface area contributed by atoms with Crippen molar-refractivity contribution in [3.63, 3.8) is 0 Å². The quantitative estimate of drug-likeness (QED) is 0.721. The van der Waals surface area contributed by atoms with Crippen molar-refractivity contribution < 1.29 is 0 Å². The van der Waals surface area contributed by atoms with Crippen LogP contribution in [0, 0.1) is 17.3 Å². The van der Waals surface area contributed by atoms with Crippen LogP contribution in [0.4, 0.5) is 0 Å². The van der Waals surface area contributed by atoms with E-state index in [9.17, 15) is 0 Å². The molecule has 1 aromatic carbocycles. The van der Waals surface area contributed by atoms with E-state index in [0.717, 1.165) is 24.9 Å². The third-order valence-electron chi connectivity index (χ3n) is 4.39. The highest BCUT2D eigenvalue weighted by Gasteiger charge is 2.48. The summed E-state index contributed by atoms with van der Waals surface area (Å²) in [7, 11) is 0. The van der Waals surface area contributed by atoms with E-state index in [-0.39, 0.29) is 5.41 Å². The van der Waals surface area contributed by atoms with Gasteiger partial charge in [0, 0.05) is 12.0 Å². The molecule has 0 aliphatic heterocycles.